The number of ether oxygens (including phenoxy) is 1. The number of fused-ring (bicyclic) bond motifs is 1. The van der Waals surface area contributed by atoms with E-state index in [9.17, 15) is 4.79 Å². The van der Waals surface area contributed by atoms with Crippen molar-refractivity contribution in [3.8, 4) is 11.3 Å². The van der Waals surface area contributed by atoms with Gasteiger partial charge >= 0.3 is 5.97 Å². The van der Waals surface area contributed by atoms with Crippen molar-refractivity contribution in [1.29, 1.82) is 0 Å². The number of nitrogens with one attached hydrogen (secondary N) is 1. The van der Waals surface area contributed by atoms with Gasteiger partial charge in [-0.25, -0.2) is 14.5 Å². The zero-order valence-corrected chi connectivity index (χ0v) is 20.8. The molecule has 10 heteroatoms. The van der Waals surface area contributed by atoms with E-state index >= 15 is 0 Å². The van der Waals surface area contributed by atoms with Gasteiger partial charge in [-0.1, -0.05) is 0 Å². The second-order valence-electron chi connectivity index (χ2n) is 9.09. The Morgan fingerprint density at radius 2 is 1.83 bits per heavy atom. The average molecular weight is 487 g/mol. The molecule has 186 valence electrons. The zero-order chi connectivity index (χ0) is 25.1. The van der Waals surface area contributed by atoms with Crippen molar-refractivity contribution in [2.45, 2.75) is 33.4 Å². The molecule has 4 heterocycles. The third-order valence-electron chi connectivity index (χ3n) is 6.38. The molecule has 0 saturated carbocycles. The molecule has 0 spiro atoms. The van der Waals surface area contributed by atoms with Crippen molar-refractivity contribution in [2.24, 2.45) is 0 Å². The van der Waals surface area contributed by atoms with E-state index in [1.165, 1.54) is 18.9 Å². The Labute approximate surface area is 209 Å². The molecule has 0 atom stereocenters. The molecule has 5 rings (SSSR count). The van der Waals surface area contributed by atoms with Crippen LogP contribution in [0.15, 0.2) is 55.1 Å². The summed E-state index contributed by atoms with van der Waals surface area (Å²) in [5.41, 5.74) is 5.02. The van der Waals surface area contributed by atoms with E-state index in [2.05, 4.69) is 73.3 Å². The van der Waals surface area contributed by atoms with Gasteiger partial charge in [0, 0.05) is 62.3 Å². The van der Waals surface area contributed by atoms with E-state index in [0.29, 0.717) is 23.2 Å². The maximum Gasteiger partial charge on any atom is 0.303 e. The van der Waals surface area contributed by atoms with Gasteiger partial charge < -0.3 is 15.0 Å². The van der Waals surface area contributed by atoms with Crippen LogP contribution < -0.4 is 10.2 Å². The molecule has 0 radical (unpaired) electrons. The lowest BCUT2D eigenvalue weighted by Crippen LogP contribution is -2.48. The Bertz CT molecular complexity index is 1340. The molecule has 36 heavy (non-hydrogen) atoms. The van der Waals surface area contributed by atoms with E-state index < -0.39 is 0 Å². The number of carbonyl (C=O) groups excluding carboxylic acids is 1. The van der Waals surface area contributed by atoms with E-state index in [0.717, 1.165) is 43.1 Å². The maximum absolute atomic E-state index is 11.1. The molecule has 1 aliphatic heterocycles. The topological polar surface area (TPSA) is 101 Å². The number of nitrogens with zero attached hydrogens (tertiary/aromatic N) is 7. The molecule has 1 N–H and O–H groups in total. The van der Waals surface area contributed by atoms with Gasteiger partial charge in [-0.2, -0.15) is 5.10 Å². The van der Waals surface area contributed by atoms with Crippen molar-refractivity contribution in [1.82, 2.24) is 29.5 Å². The number of carbonyl (C=O) groups is 1. The van der Waals surface area contributed by atoms with Crippen molar-refractivity contribution < 1.29 is 9.53 Å². The fourth-order valence-corrected chi connectivity index (χ4v) is 4.38. The molecule has 0 unspecified atom stereocenters. The van der Waals surface area contributed by atoms with Crippen molar-refractivity contribution >= 4 is 28.8 Å². The first-order chi connectivity index (χ1) is 17.5. The van der Waals surface area contributed by atoms with Gasteiger partial charge in [0.1, 0.15) is 12.9 Å². The molecule has 1 aromatic carbocycles. The third-order valence-corrected chi connectivity index (χ3v) is 6.38. The summed E-state index contributed by atoms with van der Waals surface area (Å²) in [7, 11) is 0. The summed E-state index contributed by atoms with van der Waals surface area (Å²) in [4.78, 5) is 29.4. The number of hydrogen-bond acceptors (Lipinski definition) is 9. The highest BCUT2D eigenvalue weighted by molar-refractivity contribution is 5.74. The Morgan fingerprint density at radius 3 is 2.56 bits per heavy atom. The molecule has 0 bridgehead atoms. The first kappa shape index (κ1) is 23.7. The van der Waals surface area contributed by atoms with Crippen LogP contribution >= 0.6 is 0 Å². The van der Waals surface area contributed by atoms with E-state index in [1.54, 1.807) is 16.9 Å². The number of pyridine rings is 1. The molecule has 0 amide bonds. The van der Waals surface area contributed by atoms with Gasteiger partial charge in [-0.3, -0.25) is 14.7 Å². The van der Waals surface area contributed by atoms with Gasteiger partial charge in [0.25, 0.3) is 0 Å². The van der Waals surface area contributed by atoms with Crippen molar-refractivity contribution in [3.05, 3.63) is 60.8 Å². The first-order valence-corrected chi connectivity index (χ1v) is 12.1. The van der Waals surface area contributed by atoms with Crippen LogP contribution in [0.25, 0.3) is 16.9 Å². The standard InChI is InChI=1S/C26H30N8O2/c1-18(2)32-10-12-33(13-11-32)23-6-4-21(5-7-23)31-25-26-29-17-30-34(26)24(15-28-25)20-8-9-27-22(14-20)16-36-19(3)35/h4-9,14-15,17-18H,10-13,16H2,1-3H3,(H,28,31). The van der Waals surface area contributed by atoms with E-state index in [1.807, 2.05) is 12.1 Å². The summed E-state index contributed by atoms with van der Waals surface area (Å²) < 4.78 is 6.81. The molecule has 0 aliphatic carbocycles. The second-order valence-corrected chi connectivity index (χ2v) is 9.09. The van der Waals surface area contributed by atoms with Crippen molar-refractivity contribution in [3.63, 3.8) is 0 Å². The smallest absolute Gasteiger partial charge is 0.303 e. The highest BCUT2D eigenvalue weighted by Gasteiger charge is 2.19. The Morgan fingerprint density at radius 1 is 1.06 bits per heavy atom. The number of esters is 1. The molecular formula is C26H30N8O2. The highest BCUT2D eigenvalue weighted by atomic mass is 16.5. The number of aromatic nitrogens is 5. The third kappa shape index (κ3) is 5.13. The lowest BCUT2D eigenvalue weighted by Gasteiger charge is -2.38. The minimum Gasteiger partial charge on any atom is -0.459 e. The number of anilines is 3. The van der Waals surface area contributed by atoms with Gasteiger partial charge in [-0.15, -0.1) is 0 Å². The largest absolute Gasteiger partial charge is 0.459 e. The summed E-state index contributed by atoms with van der Waals surface area (Å²) in [5, 5.41) is 7.78. The van der Waals surface area contributed by atoms with Gasteiger partial charge in [-0.05, 0) is 50.2 Å². The lowest BCUT2D eigenvalue weighted by atomic mass is 10.2. The minimum absolute atomic E-state index is 0.111. The number of piperazine rings is 1. The van der Waals surface area contributed by atoms with Crippen LogP contribution in [-0.4, -0.2) is 67.7 Å². The van der Waals surface area contributed by atoms with Crippen LogP contribution in [0.5, 0.6) is 0 Å². The Balaban J connectivity index is 1.32. The fourth-order valence-electron chi connectivity index (χ4n) is 4.38. The number of hydrogen-bond donors (Lipinski definition) is 1. The molecule has 3 aromatic heterocycles. The minimum atomic E-state index is -0.348. The lowest BCUT2D eigenvalue weighted by molar-refractivity contribution is -0.142. The van der Waals surface area contributed by atoms with Gasteiger partial charge in [0.15, 0.2) is 11.5 Å². The maximum atomic E-state index is 11.1. The van der Waals surface area contributed by atoms with Crippen LogP contribution in [0, 0.1) is 0 Å². The fraction of sp³-hybridized carbons (Fsp3) is 0.346. The van der Waals surface area contributed by atoms with Gasteiger partial charge in [0.2, 0.25) is 0 Å². The number of benzene rings is 1. The Hall–Kier alpha value is -4.05. The second kappa shape index (κ2) is 10.3. The monoisotopic (exact) mass is 486 g/mol. The molecule has 1 aliphatic rings. The molecule has 1 saturated heterocycles. The van der Waals surface area contributed by atoms with Crippen LogP contribution in [0.3, 0.4) is 0 Å². The van der Waals surface area contributed by atoms with E-state index in [4.69, 9.17) is 4.74 Å². The summed E-state index contributed by atoms with van der Waals surface area (Å²) in [5.74, 6) is 0.267. The normalized spacial score (nSPS) is 14.4. The van der Waals surface area contributed by atoms with E-state index in [-0.39, 0.29) is 12.6 Å². The summed E-state index contributed by atoms with van der Waals surface area (Å²) in [6, 6.07) is 12.7. The molecule has 1 fully saturated rings. The zero-order valence-electron chi connectivity index (χ0n) is 20.8. The predicted molar refractivity (Wildman–Crippen MR) is 138 cm³/mol. The summed E-state index contributed by atoms with van der Waals surface area (Å²) >= 11 is 0. The Kier molecular flexibility index (Phi) is 6.77. The number of rotatable bonds is 7. The van der Waals surface area contributed by atoms with Crippen LogP contribution in [0.4, 0.5) is 17.2 Å². The molecule has 4 aromatic rings. The summed E-state index contributed by atoms with van der Waals surface area (Å²) in [6.07, 6.45) is 4.93. The molecule has 10 nitrogen and oxygen atoms in total. The SMILES string of the molecule is CC(=O)OCc1cc(-c2cnc(Nc3ccc(N4CCN(C(C)C)CC4)cc3)c3ncnn23)ccn1. The van der Waals surface area contributed by atoms with Gasteiger partial charge in [0.05, 0.1) is 17.6 Å². The highest BCUT2D eigenvalue weighted by Crippen LogP contribution is 2.26. The predicted octanol–water partition coefficient (Wildman–Crippen LogP) is 3.52. The summed E-state index contributed by atoms with van der Waals surface area (Å²) in [6.45, 7) is 10.2. The van der Waals surface area contributed by atoms with Crippen LogP contribution in [-0.2, 0) is 16.1 Å². The molecular weight excluding hydrogens is 456 g/mol. The average Bonchev–Trinajstić information content (AvgIpc) is 3.39. The quantitative estimate of drug-likeness (QED) is 0.393. The van der Waals surface area contributed by atoms with Crippen molar-refractivity contribution in [2.75, 3.05) is 36.4 Å². The van der Waals surface area contributed by atoms with Crippen LogP contribution in [0.1, 0.15) is 26.5 Å². The first-order valence-electron chi connectivity index (χ1n) is 12.1. The van der Waals surface area contributed by atoms with Crippen LogP contribution in [0.2, 0.25) is 0 Å².